The molecule has 6 nitrogen and oxygen atoms in total. The molecule has 2 aromatic rings. The second-order valence-electron chi connectivity index (χ2n) is 7.29. The van der Waals surface area contributed by atoms with Gasteiger partial charge >= 0.3 is 6.18 Å². The van der Waals surface area contributed by atoms with Gasteiger partial charge in [-0.15, -0.1) is 0 Å². The van der Waals surface area contributed by atoms with Crippen LogP contribution >= 0.6 is 0 Å². The molecule has 1 aromatic carbocycles. The first-order valence-electron chi connectivity index (χ1n) is 9.78. The van der Waals surface area contributed by atoms with Gasteiger partial charge in [-0.1, -0.05) is 18.2 Å². The predicted octanol–water partition coefficient (Wildman–Crippen LogP) is 4.33. The van der Waals surface area contributed by atoms with Gasteiger partial charge in [0.15, 0.2) is 18.2 Å². The van der Waals surface area contributed by atoms with E-state index in [1.807, 2.05) is 6.08 Å². The zero-order valence-electron chi connectivity index (χ0n) is 16.2. The molecule has 4 rings (SSSR count). The summed E-state index contributed by atoms with van der Waals surface area (Å²) in [5.74, 6) is 0.739. The average Bonchev–Trinajstić information content (AvgIpc) is 3.58. The van der Waals surface area contributed by atoms with Crippen LogP contribution < -0.4 is 10.1 Å². The Morgan fingerprint density at radius 3 is 2.77 bits per heavy atom. The highest BCUT2D eigenvalue weighted by Gasteiger charge is 2.30. The van der Waals surface area contributed by atoms with Crippen molar-refractivity contribution < 1.29 is 27.8 Å². The van der Waals surface area contributed by atoms with E-state index in [1.165, 1.54) is 0 Å². The maximum atomic E-state index is 12.9. The van der Waals surface area contributed by atoms with Gasteiger partial charge in [-0.25, -0.2) is 9.97 Å². The first kappa shape index (κ1) is 20.6. The minimum atomic E-state index is -4.48. The van der Waals surface area contributed by atoms with Gasteiger partial charge in [0.1, 0.15) is 5.69 Å². The van der Waals surface area contributed by atoms with Crippen LogP contribution in [0.4, 0.5) is 24.7 Å². The molecule has 0 bridgehead atoms. The number of nitrogens with zero attached hydrogens (tertiary/aromatic N) is 2. The normalized spacial score (nSPS) is 16.9. The largest absolute Gasteiger partial charge is 0.481 e. The number of anilines is 2. The number of benzene rings is 1. The summed E-state index contributed by atoms with van der Waals surface area (Å²) < 4.78 is 49.2. The number of ether oxygens (including phenoxy) is 2. The Kier molecular flexibility index (Phi) is 5.92. The van der Waals surface area contributed by atoms with Crippen molar-refractivity contribution in [3.63, 3.8) is 0 Å². The number of halogens is 3. The van der Waals surface area contributed by atoms with Crippen molar-refractivity contribution in [1.82, 2.24) is 9.97 Å². The third-order valence-electron chi connectivity index (χ3n) is 4.97. The zero-order valence-corrected chi connectivity index (χ0v) is 16.2. The molecule has 0 spiro atoms. The predicted molar refractivity (Wildman–Crippen MR) is 105 cm³/mol. The van der Waals surface area contributed by atoms with Gasteiger partial charge in [0.05, 0.1) is 37.4 Å². The maximum Gasteiger partial charge on any atom is 0.422 e. The number of hydrogen-bond acceptors (Lipinski definition) is 6. The molecule has 0 unspecified atom stereocenters. The third kappa shape index (κ3) is 4.91. The van der Waals surface area contributed by atoms with Crippen LogP contribution in [0.3, 0.4) is 0 Å². The minimum absolute atomic E-state index is 0.0833. The number of alkyl halides is 3. The molecule has 0 amide bonds. The molecule has 1 fully saturated rings. The molecule has 2 aliphatic rings. The SMILES string of the molecule is OCc1nc(C2CC2)cnc1Nc1cccc(C2=CCOCC2)c1OCC(F)(F)F. The molecule has 2 heterocycles. The van der Waals surface area contributed by atoms with Crippen molar-refractivity contribution in [1.29, 1.82) is 0 Å². The second kappa shape index (κ2) is 8.61. The molecule has 1 aliphatic heterocycles. The number of hydrogen-bond donors (Lipinski definition) is 2. The Hall–Kier alpha value is -2.65. The van der Waals surface area contributed by atoms with E-state index in [4.69, 9.17) is 9.47 Å². The molecule has 9 heteroatoms. The summed E-state index contributed by atoms with van der Waals surface area (Å²) in [6.07, 6.45) is 1.66. The summed E-state index contributed by atoms with van der Waals surface area (Å²) in [6.45, 7) is -0.863. The van der Waals surface area contributed by atoms with Gasteiger partial charge in [-0.3, -0.25) is 0 Å². The summed E-state index contributed by atoms with van der Waals surface area (Å²) in [5, 5.41) is 12.7. The molecule has 1 aromatic heterocycles. The fourth-order valence-corrected chi connectivity index (χ4v) is 3.33. The molecule has 0 saturated heterocycles. The van der Waals surface area contributed by atoms with Crippen LogP contribution in [-0.4, -0.2) is 41.1 Å². The first-order valence-corrected chi connectivity index (χ1v) is 9.78. The fourth-order valence-electron chi connectivity index (χ4n) is 3.33. The van der Waals surface area contributed by atoms with Crippen LogP contribution in [0.2, 0.25) is 0 Å². The minimum Gasteiger partial charge on any atom is -0.481 e. The van der Waals surface area contributed by atoms with E-state index < -0.39 is 12.8 Å². The number of aliphatic hydroxyl groups is 1. The highest BCUT2D eigenvalue weighted by atomic mass is 19.4. The van der Waals surface area contributed by atoms with Crippen LogP contribution in [0.15, 0.2) is 30.5 Å². The molecule has 30 heavy (non-hydrogen) atoms. The lowest BCUT2D eigenvalue weighted by Crippen LogP contribution is -2.20. The molecule has 2 N–H and O–H groups in total. The molecular formula is C21H22F3N3O3. The molecule has 0 atom stereocenters. The highest BCUT2D eigenvalue weighted by molar-refractivity contribution is 5.79. The molecule has 0 radical (unpaired) electrons. The molecule has 1 aliphatic carbocycles. The number of rotatable bonds is 7. The van der Waals surface area contributed by atoms with Crippen LogP contribution in [0.1, 0.15) is 42.1 Å². The van der Waals surface area contributed by atoms with Crippen molar-refractivity contribution in [3.05, 3.63) is 47.4 Å². The number of aliphatic hydroxyl groups excluding tert-OH is 1. The number of nitrogens with one attached hydrogen (secondary N) is 1. The summed E-state index contributed by atoms with van der Waals surface area (Å²) in [4.78, 5) is 8.81. The quantitative estimate of drug-likeness (QED) is 0.693. The molecule has 160 valence electrons. The Morgan fingerprint density at radius 1 is 1.27 bits per heavy atom. The summed E-state index contributed by atoms with van der Waals surface area (Å²) in [7, 11) is 0. The monoisotopic (exact) mass is 421 g/mol. The van der Waals surface area contributed by atoms with Crippen molar-refractivity contribution in [2.75, 3.05) is 25.1 Å². The van der Waals surface area contributed by atoms with Gasteiger partial charge in [-0.05, 0) is 30.9 Å². The van der Waals surface area contributed by atoms with E-state index in [9.17, 15) is 18.3 Å². The van der Waals surface area contributed by atoms with Crippen molar-refractivity contribution in [3.8, 4) is 5.75 Å². The fraction of sp³-hybridized carbons (Fsp3) is 0.429. The number of para-hydroxylation sites is 1. The van der Waals surface area contributed by atoms with Crippen LogP contribution in [0.5, 0.6) is 5.75 Å². The van der Waals surface area contributed by atoms with Crippen LogP contribution in [-0.2, 0) is 11.3 Å². The van der Waals surface area contributed by atoms with E-state index in [0.717, 1.165) is 24.1 Å². The lowest BCUT2D eigenvalue weighted by atomic mass is 9.99. The van der Waals surface area contributed by atoms with E-state index in [1.54, 1.807) is 24.4 Å². The van der Waals surface area contributed by atoms with Crippen molar-refractivity contribution >= 4 is 17.1 Å². The summed E-state index contributed by atoms with van der Waals surface area (Å²) >= 11 is 0. The zero-order chi connectivity index (χ0) is 21.1. The van der Waals surface area contributed by atoms with E-state index in [-0.39, 0.29) is 18.2 Å². The molecular weight excluding hydrogens is 399 g/mol. The lowest BCUT2D eigenvalue weighted by Gasteiger charge is -2.21. The van der Waals surface area contributed by atoms with Crippen molar-refractivity contribution in [2.24, 2.45) is 0 Å². The van der Waals surface area contributed by atoms with Crippen LogP contribution in [0.25, 0.3) is 5.57 Å². The Balaban J connectivity index is 1.69. The maximum absolute atomic E-state index is 12.9. The van der Waals surface area contributed by atoms with Gasteiger partial charge in [0.25, 0.3) is 0 Å². The second-order valence-corrected chi connectivity index (χ2v) is 7.29. The van der Waals surface area contributed by atoms with Gasteiger partial charge in [-0.2, -0.15) is 13.2 Å². The first-order chi connectivity index (χ1) is 14.4. The van der Waals surface area contributed by atoms with E-state index >= 15 is 0 Å². The number of aromatic nitrogens is 2. The topological polar surface area (TPSA) is 76.5 Å². The summed E-state index contributed by atoms with van der Waals surface area (Å²) in [5.41, 5.74) is 2.92. The average molecular weight is 421 g/mol. The highest BCUT2D eigenvalue weighted by Crippen LogP contribution is 2.40. The van der Waals surface area contributed by atoms with Gasteiger partial charge < -0.3 is 19.9 Å². The van der Waals surface area contributed by atoms with Crippen LogP contribution in [0, 0.1) is 0 Å². The summed E-state index contributed by atoms with van der Waals surface area (Å²) in [6, 6.07) is 5.08. The van der Waals surface area contributed by atoms with Crippen molar-refractivity contribution in [2.45, 2.75) is 38.0 Å². The smallest absolute Gasteiger partial charge is 0.422 e. The van der Waals surface area contributed by atoms with E-state index in [0.29, 0.717) is 42.5 Å². The van der Waals surface area contributed by atoms with Gasteiger partial charge in [0.2, 0.25) is 0 Å². The lowest BCUT2D eigenvalue weighted by molar-refractivity contribution is -0.153. The third-order valence-corrected chi connectivity index (χ3v) is 4.97. The Bertz CT molecular complexity index is 943. The molecule has 1 saturated carbocycles. The standard InChI is InChI=1S/C21H22F3N3O3/c22-21(23,24)12-30-19-15(13-6-8-29-9-7-13)2-1-3-16(19)27-20-18(11-28)26-17(10-25-20)14-4-5-14/h1-3,6,10,14,28H,4-5,7-9,11-12H2,(H,25,27). The van der Waals surface area contributed by atoms with Gasteiger partial charge in [0, 0.05) is 11.5 Å². The van der Waals surface area contributed by atoms with E-state index in [2.05, 4.69) is 15.3 Å². The Labute approximate surface area is 171 Å². The Morgan fingerprint density at radius 2 is 2.10 bits per heavy atom.